The van der Waals surface area contributed by atoms with Crippen LogP contribution in [0.3, 0.4) is 0 Å². The lowest BCUT2D eigenvalue weighted by Gasteiger charge is -2.33. The highest BCUT2D eigenvalue weighted by molar-refractivity contribution is 5.33. The minimum atomic E-state index is 0.156. The Morgan fingerprint density at radius 1 is 1.14 bits per heavy atom. The summed E-state index contributed by atoms with van der Waals surface area (Å²) in [5.74, 6) is 0.889. The van der Waals surface area contributed by atoms with Gasteiger partial charge in [0, 0.05) is 6.61 Å². The van der Waals surface area contributed by atoms with Crippen molar-refractivity contribution >= 4 is 0 Å². The predicted octanol–water partition coefficient (Wildman–Crippen LogP) is 3.48. The molecule has 3 rings (SSSR count). The highest BCUT2D eigenvalue weighted by atomic mass is 16.6. The summed E-state index contributed by atoms with van der Waals surface area (Å²) in [6.45, 7) is 0.785. The van der Waals surface area contributed by atoms with E-state index in [0.29, 0.717) is 13.0 Å². The maximum Gasteiger partial charge on any atom is 0.122 e. The number of benzene rings is 1. The van der Waals surface area contributed by atoms with Crippen LogP contribution in [0.5, 0.6) is 5.75 Å². The zero-order valence-corrected chi connectivity index (χ0v) is 12.7. The van der Waals surface area contributed by atoms with E-state index in [0.717, 1.165) is 17.7 Å². The third kappa shape index (κ3) is 3.58. The molecule has 1 spiro atoms. The predicted molar refractivity (Wildman–Crippen MR) is 82.6 cm³/mol. The molecule has 1 aromatic carbocycles. The lowest BCUT2D eigenvalue weighted by atomic mass is 9.83. The molecule has 1 aliphatic carbocycles. The lowest BCUT2D eigenvalue weighted by Crippen LogP contribution is -2.32. The van der Waals surface area contributed by atoms with Gasteiger partial charge in [0.15, 0.2) is 0 Å². The zero-order valence-electron chi connectivity index (χ0n) is 12.7. The van der Waals surface area contributed by atoms with Crippen molar-refractivity contribution in [2.24, 2.45) is 0 Å². The minimum Gasteiger partial charge on any atom is -0.491 e. The summed E-state index contributed by atoms with van der Waals surface area (Å²) in [5, 5.41) is 9.11. The molecule has 1 saturated carbocycles. The van der Waals surface area contributed by atoms with Crippen LogP contribution < -0.4 is 4.74 Å². The van der Waals surface area contributed by atoms with Crippen LogP contribution in [-0.2, 0) is 11.2 Å². The molecule has 0 amide bonds. The van der Waals surface area contributed by atoms with E-state index in [-0.39, 0.29) is 18.3 Å². The largest absolute Gasteiger partial charge is 0.491 e. The Bertz CT molecular complexity index is 452. The Morgan fingerprint density at radius 2 is 1.95 bits per heavy atom. The Morgan fingerprint density at radius 3 is 2.76 bits per heavy atom. The average molecular weight is 290 g/mol. The highest BCUT2D eigenvalue weighted by Crippen LogP contribution is 2.42. The third-order valence-corrected chi connectivity index (χ3v) is 4.88. The molecule has 116 valence electrons. The number of aliphatic hydroxyl groups is 1. The van der Waals surface area contributed by atoms with Crippen LogP contribution >= 0.6 is 0 Å². The topological polar surface area (TPSA) is 38.7 Å². The molecule has 1 heterocycles. The molecule has 2 fully saturated rings. The Balaban J connectivity index is 1.54. The summed E-state index contributed by atoms with van der Waals surface area (Å²) in [5.41, 5.74) is 1.24. The van der Waals surface area contributed by atoms with E-state index in [9.17, 15) is 0 Å². The first-order chi connectivity index (χ1) is 10.3. The maximum absolute atomic E-state index is 9.11. The first-order valence-corrected chi connectivity index (χ1v) is 8.31. The second-order valence-electron chi connectivity index (χ2n) is 6.41. The van der Waals surface area contributed by atoms with Crippen molar-refractivity contribution in [2.45, 2.75) is 63.1 Å². The second-order valence-corrected chi connectivity index (χ2v) is 6.41. The molecule has 1 N–H and O–H groups in total. The molecule has 0 aromatic heterocycles. The molecule has 3 heteroatoms. The maximum atomic E-state index is 9.11. The molecule has 1 unspecified atom stereocenters. The van der Waals surface area contributed by atoms with Gasteiger partial charge in [-0.15, -0.1) is 0 Å². The molecule has 1 atom stereocenters. The van der Waals surface area contributed by atoms with Gasteiger partial charge in [-0.2, -0.15) is 0 Å². The summed E-state index contributed by atoms with van der Waals surface area (Å²) in [4.78, 5) is 0. The van der Waals surface area contributed by atoms with Crippen LogP contribution in [0.15, 0.2) is 24.3 Å². The quantitative estimate of drug-likeness (QED) is 0.902. The highest BCUT2D eigenvalue weighted by Gasteiger charge is 2.40. The Kier molecular flexibility index (Phi) is 4.81. The van der Waals surface area contributed by atoms with E-state index in [4.69, 9.17) is 14.6 Å². The van der Waals surface area contributed by atoms with Gasteiger partial charge in [0.2, 0.25) is 0 Å². The van der Waals surface area contributed by atoms with Crippen molar-refractivity contribution in [3.63, 3.8) is 0 Å². The number of rotatable bonds is 5. The van der Waals surface area contributed by atoms with Gasteiger partial charge in [0.25, 0.3) is 0 Å². The summed E-state index contributed by atoms with van der Waals surface area (Å²) >= 11 is 0. The molecule has 0 radical (unpaired) electrons. The van der Waals surface area contributed by atoms with E-state index in [1.165, 1.54) is 38.5 Å². The molecule has 21 heavy (non-hydrogen) atoms. The van der Waals surface area contributed by atoms with Gasteiger partial charge < -0.3 is 14.6 Å². The van der Waals surface area contributed by atoms with Gasteiger partial charge in [-0.3, -0.25) is 0 Å². The Hall–Kier alpha value is -1.06. The zero-order chi connectivity index (χ0) is 14.5. The van der Waals surface area contributed by atoms with Gasteiger partial charge in [0.05, 0.1) is 11.7 Å². The van der Waals surface area contributed by atoms with Gasteiger partial charge in [0.1, 0.15) is 12.4 Å². The van der Waals surface area contributed by atoms with E-state index in [1.807, 2.05) is 24.3 Å². The fraction of sp³-hybridized carbons (Fsp3) is 0.667. The summed E-state index contributed by atoms with van der Waals surface area (Å²) in [6, 6.07) is 7.97. The lowest BCUT2D eigenvalue weighted by molar-refractivity contribution is -0.0749. The number of ether oxygens (including phenoxy) is 2. The van der Waals surface area contributed by atoms with Gasteiger partial charge >= 0.3 is 0 Å². The van der Waals surface area contributed by atoms with Crippen molar-refractivity contribution in [1.82, 2.24) is 0 Å². The SMILES string of the molecule is OCCc1ccccc1OCC1CCC2(CCCCC2)O1. The molecule has 2 aliphatic rings. The summed E-state index contributed by atoms with van der Waals surface area (Å²) in [6.07, 6.45) is 9.62. The summed E-state index contributed by atoms with van der Waals surface area (Å²) in [7, 11) is 0. The van der Waals surface area contributed by atoms with Crippen molar-refractivity contribution in [3.8, 4) is 5.75 Å². The first kappa shape index (κ1) is 14.9. The monoisotopic (exact) mass is 290 g/mol. The minimum absolute atomic E-state index is 0.156. The van der Waals surface area contributed by atoms with E-state index in [1.54, 1.807) is 0 Å². The molecule has 1 aromatic rings. The Labute approximate surface area is 127 Å². The van der Waals surface area contributed by atoms with Crippen molar-refractivity contribution in [3.05, 3.63) is 29.8 Å². The van der Waals surface area contributed by atoms with Crippen LogP contribution in [0.2, 0.25) is 0 Å². The molecule has 0 bridgehead atoms. The van der Waals surface area contributed by atoms with Gasteiger partial charge in [-0.1, -0.05) is 37.5 Å². The number of hydrogen-bond acceptors (Lipinski definition) is 3. The smallest absolute Gasteiger partial charge is 0.122 e. The molecular formula is C18H26O3. The van der Waals surface area contributed by atoms with Gasteiger partial charge in [-0.05, 0) is 43.7 Å². The molecule has 1 saturated heterocycles. The van der Waals surface area contributed by atoms with Crippen LogP contribution in [0, 0.1) is 0 Å². The van der Waals surface area contributed by atoms with E-state index >= 15 is 0 Å². The fourth-order valence-electron chi connectivity index (χ4n) is 3.73. The van der Waals surface area contributed by atoms with Crippen molar-refractivity contribution in [2.75, 3.05) is 13.2 Å². The van der Waals surface area contributed by atoms with E-state index in [2.05, 4.69) is 0 Å². The van der Waals surface area contributed by atoms with Crippen LogP contribution in [0.25, 0.3) is 0 Å². The van der Waals surface area contributed by atoms with Crippen LogP contribution in [0.1, 0.15) is 50.5 Å². The number of hydrogen-bond donors (Lipinski definition) is 1. The second kappa shape index (κ2) is 6.80. The molecule has 3 nitrogen and oxygen atoms in total. The molecule has 1 aliphatic heterocycles. The summed E-state index contributed by atoms with van der Waals surface area (Å²) < 4.78 is 12.3. The first-order valence-electron chi connectivity index (χ1n) is 8.31. The number of para-hydroxylation sites is 1. The van der Waals surface area contributed by atoms with E-state index < -0.39 is 0 Å². The van der Waals surface area contributed by atoms with Crippen LogP contribution in [-0.4, -0.2) is 30.0 Å². The van der Waals surface area contributed by atoms with Gasteiger partial charge in [-0.25, -0.2) is 0 Å². The number of aliphatic hydroxyl groups excluding tert-OH is 1. The standard InChI is InChI=1S/C18H26O3/c19-13-9-15-6-2-3-7-17(15)20-14-16-8-12-18(21-16)10-4-1-5-11-18/h2-3,6-7,16,19H,1,4-5,8-14H2. The normalized spacial score (nSPS) is 24.3. The molecular weight excluding hydrogens is 264 g/mol. The van der Waals surface area contributed by atoms with Crippen LogP contribution in [0.4, 0.5) is 0 Å². The van der Waals surface area contributed by atoms with Crippen molar-refractivity contribution < 1.29 is 14.6 Å². The third-order valence-electron chi connectivity index (χ3n) is 4.88. The fourth-order valence-corrected chi connectivity index (χ4v) is 3.73. The average Bonchev–Trinajstić information content (AvgIpc) is 2.90. The van der Waals surface area contributed by atoms with Crippen molar-refractivity contribution in [1.29, 1.82) is 0 Å².